The number of hydrogen-bond donors (Lipinski definition) is 1. The average Bonchev–Trinajstić information content (AvgIpc) is 2.37. The molecule has 1 aromatic carbocycles. The van der Waals surface area contributed by atoms with Crippen LogP contribution in [0.25, 0.3) is 0 Å². The van der Waals surface area contributed by atoms with Crippen LogP contribution < -0.4 is 5.32 Å². The third-order valence-corrected chi connectivity index (χ3v) is 4.00. The maximum absolute atomic E-state index is 12.7. The van der Waals surface area contributed by atoms with E-state index in [4.69, 9.17) is 0 Å². The zero-order valence-corrected chi connectivity index (χ0v) is 12.4. The molecule has 0 aliphatic carbocycles. The first-order chi connectivity index (χ1) is 9.34. The summed E-state index contributed by atoms with van der Waals surface area (Å²) in [5, 5.41) is 2.61. The highest BCUT2D eigenvalue weighted by atomic mass is 32.2. The van der Waals surface area contributed by atoms with Crippen LogP contribution in [0, 0.1) is 5.82 Å². The highest BCUT2D eigenvalue weighted by Gasteiger charge is 2.15. The minimum absolute atomic E-state index is 0.212. The Morgan fingerprint density at radius 1 is 1.25 bits per heavy atom. The molecule has 0 aliphatic heterocycles. The summed E-state index contributed by atoms with van der Waals surface area (Å²) in [6, 6.07) is 5.17. The van der Waals surface area contributed by atoms with Gasteiger partial charge >= 0.3 is 0 Å². The fourth-order valence-corrected chi connectivity index (χ4v) is 2.63. The molecule has 0 heterocycles. The van der Waals surface area contributed by atoms with E-state index in [9.17, 15) is 17.6 Å². The molecule has 1 rings (SSSR count). The summed E-state index contributed by atoms with van der Waals surface area (Å²) in [4.78, 5) is 11.7. The summed E-state index contributed by atoms with van der Waals surface area (Å²) < 4.78 is 37.0. The van der Waals surface area contributed by atoms with Crippen molar-refractivity contribution in [2.45, 2.75) is 13.3 Å². The number of rotatable bonds is 7. The van der Waals surface area contributed by atoms with Crippen LogP contribution in [0.15, 0.2) is 24.3 Å². The normalized spacial score (nSPS) is 11.6. The standard InChI is InChI=1S/C13H19FN2O3S/c1-3-9-16(20(2,18)19)10-8-15-13(17)11-4-6-12(14)7-5-11/h4-7H,3,8-10H2,1-2H3,(H,15,17). The number of carbonyl (C=O) groups excluding carboxylic acids is 1. The van der Waals surface area contributed by atoms with E-state index in [1.165, 1.54) is 28.6 Å². The van der Waals surface area contributed by atoms with Crippen LogP contribution in [0.3, 0.4) is 0 Å². The molecule has 112 valence electrons. The van der Waals surface area contributed by atoms with Crippen LogP contribution in [0.4, 0.5) is 4.39 Å². The predicted octanol–water partition coefficient (Wildman–Crippen LogP) is 1.23. The predicted molar refractivity (Wildman–Crippen MR) is 75.4 cm³/mol. The molecule has 1 N–H and O–H groups in total. The summed E-state index contributed by atoms with van der Waals surface area (Å²) in [6.07, 6.45) is 1.85. The maximum atomic E-state index is 12.7. The second-order valence-electron chi connectivity index (χ2n) is 4.42. The van der Waals surface area contributed by atoms with E-state index in [0.717, 1.165) is 6.26 Å². The smallest absolute Gasteiger partial charge is 0.251 e. The Labute approximate surface area is 118 Å². The van der Waals surface area contributed by atoms with Crippen molar-refractivity contribution in [3.05, 3.63) is 35.6 Å². The molecule has 0 aliphatic rings. The minimum atomic E-state index is -3.26. The molecular formula is C13H19FN2O3S. The Morgan fingerprint density at radius 2 is 1.85 bits per heavy atom. The number of nitrogens with one attached hydrogen (secondary N) is 1. The first-order valence-electron chi connectivity index (χ1n) is 6.33. The molecule has 0 saturated carbocycles. The van der Waals surface area contributed by atoms with Crippen molar-refractivity contribution in [2.24, 2.45) is 0 Å². The van der Waals surface area contributed by atoms with Crippen molar-refractivity contribution in [3.8, 4) is 0 Å². The number of amides is 1. The molecule has 0 spiro atoms. The molecule has 20 heavy (non-hydrogen) atoms. The Morgan fingerprint density at radius 3 is 2.35 bits per heavy atom. The first kappa shape index (κ1) is 16.6. The number of nitrogens with zero attached hydrogens (tertiary/aromatic N) is 1. The van der Waals surface area contributed by atoms with Gasteiger partial charge in [-0.1, -0.05) is 6.92 Å². The van der Waals surface area contributed by atoms with Gasteiger partial charge in [-0.15, -0.1) is 0 Å². The van der Waals surface area contributed by atoms with Gasteiger partial charge in [-0.3, -0.25) is 4.79 Å². The number of hydrogen-bond acceptors (Lipinski definition) is 3. The summed E-state index contributed by atoms with van der Waals surface area (Å²) in [5.74, 6) is -0.761. The molecule has 0 saturated heterocycles. The molecule has 5 nitrogen and oxygen atoms in total. The van der Waals surface area contributed by atoms with E-state index < -0.39 is 15.8 Å². The van der Waals surface area contributed by atoms with Crippen LogP contribution in [0.5, 0.6) is 0 Å². The van der Waals surface area contributed by atoms with Crippen molar-refractivity contribution in [2.75, 3.05) is 25.9 Å². The van der Waals surface area contributed by atoms with Gasteiger partial charge in [-0.25, -0.2) is 17.1 Å². The second kappa shape index (κ2) is 7.35. The quantitative estimate of drug-likeness (QED) is 0.824. The average molecular weight is 302 g/mol. The maximum Gasteiger partial charge on any atom is 0.251 e. The van der Waals surface area contributed by atoms with Crippen molar-refractivity contribution in [3.63, 3.8) is 0 Å². The van der Waals surface area contributed by atoms with Gasteiger partial charge in [0.2, 0.25) is 10.0 Å². The van der Waals surface area contributed by atoms with Crippen molar-refractivity contribution < 1.29 is 17.6 Å². The zero-order valence-electron chi connectivity index (χ0n) is 11.6. The van der Waals surface area contributed by atoms with Crippen molar-refractivity contribution in [1.29, 1.82) is 0 Å². The zero-order chi connectivity index (χ0) is 15.2. The molecule has 1 amide bonds. The van der Waals surface area contributed by atoms with Gasteiger partial charge in [0.1, 0.15) is 5.82 Å². The molecule has 0 fully saturated rings. The Kier molecular flexibility index (Phi) is 6.09. The van der Waals surface area contributed by atoms with Crippen LogP contribution in [-0.4, -0.2) is 44.5 Å². The number of carbonyl (C=O) groups is 1. The van der Waals surface area contributed by atoms with Crippen LogP contribution in [0.1, 0.15) is 23.7 Å². The number of benzene rings is 1. The van der Waals surface area contributed by atoms with Gasteiger partial charge in [0.25, 0.3) is 5.91 Å². The number of halogens is 1. The van der Waals surface area contributed by atoms with Gasteiger partial charge in [0.05, 0.1) is 6.26 Å². The van der Waals surface area contributed by atoms with E-state index >= 15 is 0 Å². The van der Waals surface area contributed by atoms with Crippen LogP contribution >= 0.6 is 0 Å². The minimum Gasteiger partial charge on any atom is -0.351 e. The number of sulfonamides is 1. The largest absolute Gasteiger partial charge is 0.351 e. The molecule has 7 heteroatoms. The van der Waals surface area contributed by atoms with Gasteiger partial charge in [-0.2, -0.15) is 0 Å². The molecule has 0 bridgehead atoms. The van der Waals surface area contributed by atoms with E-state index in [2.05, 4.69) is 5.32 Å². The van der Waals surface area contributed by atoms with E-state index in [-0.39, 0.29) is 19.0 Å². The second-order valence-corrected chi connectivity index (χ2v) is 6.41. The van der Waals surface area contributed by atoms with E-state index in [0.29, 0.717) is 18.5 Å². The third-order valence-electron chi connectivity index (χ3n) is 2.70. The van der Waals surface area contributed by atoms with Crippen LogP contribution in [-0.2, 0) is 10.0 Å². The SMILES string of the molecule is CCCN(CCNC(=O)c1ccc(F)cc1)S(C)(=O)=O. The summed E-state index contributed by atoms with van der Waals surface area (Å²) >= 11 is 0. The van der Waals surface area contributed by atoms with Crippen molar-refractivity contribution >= 4 is 15.9 Å². The highest BCUT2D eigenvalue weighted by Crippen LogP contribution is 2.03. The van der Waals surface area contributed by atoms with Crippen molar-refractivity contribution in [1.82, 2.24) is 9.62 Å². The highest BCUT2D eigenvalue weighted by molar-refractivity contribution is 7.88. The molecule has 0 aromatic heterocycles. The topological polar surface area (TPSA) is 66.5 Å². The first-order valence-corrected chi connectivity index (χ1v) is 8.18. The summed E-state index contributed by atoms with van der Waals surface area (Å²) in [7, 11) is -3.26. The lowest BCUT2D eigenvalue weighted by atomic mass is 10.2. The van der Waals surface area contributed by atoms with Gasteiger partial charge < -0.3 is 5.32 Å². The molecule has 0 atom stereocenters. The van der Waals surface area contributed by atoms with Gasteiger partial charge in [-0.05, 0) is 30.7 Å². The Bertz CT molecular complexity index is 543. The van der Waals surface area contributed by atoms with Gasteiger partial charge in [0.15, 0.2) is 0 Å². The lowest BCUT2D eigenvalue weighted by Crippen LogP contribution is -2.38. The fourth-order valence-electron chi connectivity index (χ4n) is 1.69. The van der Waals surface area contributed by atoms with E-state index in [1.807, 2.05) is 6.92 Å². The Hall–Kier alpha value is -1.47. The molecular weight excluding hydrogens is 283 g/mol. The molecule has 0 radical (unpaired) electrons. The lowest BCUT2D eigenvalue weighted by molar-refractivity contribution is 0.0951. The van der Waals surface area contributed by atoms with Crippen LogP contribution in [0.2, 0.25) is 0 Å². The van der Waals surface area contributed by atoms with Gasteiger partial charge in [0, 0.05) is 25.2 Å². The fraction of sp³-hybridized carbons (Fsp3) is 0.462. The monoisotopic (exact) mass is 302 g/mol. The molecule has 0 unspecified atom stereocenters. The lowest BCUT2D eigenvalue weighted by Gasteiger charge is -2.19. The van der Waals surface area contributed by atoms with E-state index in [1.54, 1.807) is 0 Å². The Balaban J connectivity index is 2.50. The summed E-state index contributed by atoms with van der Waals surface area (Å²) in [5.41, 5.74) is 0.341. The molecule has 1 aromatic rings. The summed E-state index contributed by atoms with van der Waals surface area (Å²) in [6.45, 7) is 2.74. The third kappa shape index (κ3) is 5.26.